The van der Waals surface area contributed by atoms with Gasteiger partial charge in [-0.15, -0.1) is 0 Å². The van der Waals surface area contributed by atoms with Gasteiger partial charge in [0.05, 0.1) is 23.9 Å². The van der Waals surface area contributed by atoms with E-state index in [1.165, 1.54) is 0 Å². The minimum atomic E-state index is -0.345. The molecule has 4 nitrogen and oxygen atoms in total. The van der Waals surface area contributed by atoms with Gasteiger partial charge >= 0.3 is 0 Å². The number of rotatable bonds is 4. The molecule has 0 saturated heterocycles. The van der Waals surface area contributed by atoms with Gasteiger partial charge in [0.2, 0.25) is 0 Å². The van der Waals surface area contributed by atoms with Crippen LogP contribution in [0.15, 0.2) is 65.8 Å². The van der Waals surface area contributed by atoms with Crippen molar-refractivity contribution in [3.8, 4) is 5.75 Å². The van der Waals surface area contributed by atoms with Crippen molar-refractivity contribution in [3.63, 3.8) is 0 Å². The van der Waals surface area contributed by atoms with Crippen molar-refractivity contribution in [3.05, 3.63) is 76.8 Å². The highest BCUT2D eigenvalue weighted by atomic mass is 35.5. The molecular formula is C19H15ClN2O2. The number of carbonyl (C=O) groups excluding carboxylic acids is 1. The van der Waals surface area contributed by atoms with E-state index in [-0.39, 0.29) is 5.91 Å². The summed E-state index contributed by atoms with van der Waals surface area (Å²) in [6.07, 6.45) is 1.60. The Hall–Kier alpha value is -2.85. The Bertz CT molecular complexity index is 922. The number of ether oxygens (including phenoxy) is 1. The molecule has 5 heteroatoms. The Balaban J connectivity index is 1.73. The third-order valence-corrected chi connectivity index (χ3v) is 3.90. The lowest BCUT2D eigenvalue weighted by Crippen LogP contribution is -2.17. The van der Waals surface area contributed by atoms with Gasteiger partial charge in [-0.3, -0.25) is 4.79 Å². The van der Waals surface area contributed by atoms with Crippen LogP contribution in [0, 0.1) is 0 Å². The molecule has 3 aromatic carbocycles. The second-order valence-corrected chi connectivity index (χ2v) is 5.56. The fraction of sp³-hybridized carbons (Fsp3) is 0.0526. The fourth-order valence-corrected chi connectivity index (χ4v) is 2.54. The zero-order valence-electron chi connectivity index (χ0n) is 13.0. The van der Waals surface area contributed by atoms with E-state index in [4.69, 9.17) is 16.3 Å². The van der Waals surface area contributed by atoms with Crippen molar-refractivity contribution in [1.29, 1.82) is 0 Å². The predicted molar refractivity (Wildman–Crippen MR) is 97.0 cm³/mol. The third kappa shape index (κ3) is 3.55. The summed E-state index contributed by atoms with van der Waals surface area (Å²) in [6, 6.07) is 18.6. The molecule has 3 rings (SSSR count). The molecule has 0 spiro atoms. The molecule has 0 heterocycles. The van der Waals surface area contributed by atoms with Crippen molar-refractivity contribution in [2.45, 2.75) is 0 Å². The molecule has 0 radical (unpaired) electrons. The molecule has 3 aromatic rings. The van der Waals surface area contributed by atoms with Gasteiger partial charge in [-0.2, -0.15) is 5.10 Å². The number of nitrogens with zero attached hydrogens (tertiary/aromatic N) is 1. The standard InChI is InChI=1S/C19H15ClN2O2/c1-24-16-9-8-14-10-13(6-7-15(14)11-16)12-21-22-19(23)17-4-2-3-5-18(17)20/h2-12H,1H3,(H,22,23)/b21-12-. The van der Waals surface area contributed by atoms with Crippen molar-refractivity contribution in [1.82, 2.24) is 5.43 Å². The van der Waals surface area contributed by atoms with Gasteiger partial charge < -0.3 is 4.74 Å². The number of hydrazone groups is 1. The topological polar surface area (TPSA) is 50.7 Å². The molecule has 0 aliphatic carbocycles. The molecule has 0 aliphatic rings. The summed E-state index contributed by atoms with van der Waals surface area (Å²) in [7, 11) is 1.64. The van der Waals surface area contributed by atoms with Crippen molar-refractivity contribution in [2.75, 3.05) is 7.11 Å². The Morgan fingerprint density at radius 1 is 1.08 bits per heavy atom. The van der Waals surface area contributed by atoms with Crippen LogP contribution < -0.4 is 10.2 Å². The average Bonchev–Trinajstić information content (AvgIpc) is 2.61. The van der Waals surface area contributed by atoms with E-state index in [1.807, 2.05) is 36.4 Å². The summed E-state index contributed by atoms with van der Waals surface area (Å²) in [5.74, 6) is 0.471. The van der Waals surface area contributed by atoms with Crippen molar-refractivity contribution in [2.24, 2.45) is 5.10 Å². The maximum Gasteiger partial charge on any atom is 0.272 e. The van der Waals surface area contributed by atoms with E-state index in [1.54, 1.807) is 37.6 Å². The van der Waals surface area contributed by atoms with E-state index in [0.29, 0.717) is 10.6 Å². The molecule has 120 valence electrons. The second kappa shape index (κ2) is 7.15. The van der Waals surface area contributed by atoms with E-state index in [9.17, 15) is 4.79 Å². The quantitative estimate of drug-likeness (QED) is 0.570. The first kappa shape index (κ1) is 16.0. The van der Waals surface area contributed by atoms with Crippen LogP contribution in [0.25, 0.3) is 10.8 Å². The first-order valence-electron chi connectivity index (χ1n) is 7.33. The summed E-state index contributed by atoms with van der Waals surface area (Å²) in [5, 5.41) is 6.53. The summed E-state index contributed by atoms with van der Waals surface area (Å²) < 4.78 is 5.21. The van der Waals surface area contributed by atoms with Gasteiger partial charge in [-0.1, -0.05) is 41.9 Å². The van der Waals surface area contributed by atoms with Crippen molar-refractivity contribution < 1.29 is 9.53 Å². The van der Waals surface area contributed by atoms with Gasteiger partial charge in [0.1, 0.15) is 5.75 Å². The zero-order chi connectivity index (χ0) is 16.9. The molecule has 0 atom stereocenters. The monoisotopic (exact) mass is 338 g/mol. The first-order chi connectivity index (χ1) is 11.7. The third-order valence-electron chi connectivity index (χ3n) is 3.57. The molecule has 0 aliphatic heterocycles. The highest BCUT2D eigenvalue weighted by Crippen LogP contribution is 2.21. The van der Waals surface area contributed by atoms with Gasteiger partial charge in [-0.25, -0.2) is 5.43 Å². The van der Waals surface area contributed by atoms with Crippen LogP contribution in [0.4, 0.5) is 0 Å². The lowest BCUT2D eigenvalue weighted by atomic mass is 10.1. The SMILES string of the molecule is COc1ccc2cc(/C=N\NC(=O)c3ccccc3Cl)ccc2c1. The minimum Gasteiger partial charge on any atom is -0.497 e. The second-order valence-electron chi connectivity index (χ2n) is 5.15. The number of fused-ring (bicyclic) bond motifs is 1. The number of hydrogen-bond donors (Lipinski definition) is 1. The van der Waals surface area contributed by atoms with Gasteiger partial charge in [0.15, 0.2) is 0 Å². The lowest BCUT2D eigenvalue weighted by Gasteiger charge is -2.04. The average molecular weight is 339 g/mol. The molecule has 0 unspecified atom stereocenters. The summed E-state index contributed by atoms with van der Waals surface area (Å²) in [5.41, 5.74) is 3.75. The Kier molecular flexibility index (Phi) is 4.77. The van der Waals surface area contributed by atoms with Crippen LogP contribution in [-0.4, -0.2) is 19.2 Å². The maximum atomic E-state index is 12.0. The smallest absolute Gasteiger partial charge is 0.272 e. The van der Waals surface area contributed by atoms with E-state index in [2.05, 4.69) is 10.5 Å². The summed E-state index contributed by atoms with van der Waals surface area (Å²) in [6.45, 7) is 0. The molecule has 0 aromatic heterocycles. The number of amides is 1. The molecule has 0 fully saturated rings. The normalized spacial score (nSPS) is 10.9. The number of benzene rings is 3. The van der Waals surface area contributed by atoms with E-state index < -0.39 is 0 Å². The zero-order valence-corrected chi connectivity index (χ0v) is 13.7. The number of nitrogens with one attached hydrogen (secondary N) is 1. The summed E-state index contributed by atoms with van der Waals surface area (Å²) >= 11 is 5.98. The Morgan fingerprint density at radius 2 is 1.83 bits per heavy atom. The van der Waals surface area contributed by atoms with Crippen LogP contribution in [0.2, 0.25) is 5.02 Å². The van der Waals surface area contributed by atoms with Gasteiger partial charge in [-0.05, 0) is 46.7 Å². The van der Waals surface area contributed by atoms with Crippen LogP contribution >= 0.6 is 11.6 Å². The van der Waals surface area contributed by atoms with Crippen molar-refractivity contribution >= 4 is 34.5 Å². The number of carbonyl (C=O) groups is 1. The van der Waals surface area contributed by atoms with Crippen LogP contribution in [0.1, 0.15) is 15.9 Å². The van der Waals surface area contributed by atoms with Crippen LogP contribution in [0.5, 0.6) is 5.75 Å². The largest absolute Gasteiger partial charge is 0.497 e. The van der Waals surface area contributed by atoms with Gasteiger partial charge in [0, 0.05) is 0 Å². The number of hydrogen-bond acceptors (Lipinski definition) is 3. The fourth-order valence-electron chi connectivity index (χ4n) is 2.32. The highest BCUT2D eigenvalue weighted by molar-refractivity contribution is 6.33. The lowest BCUT2D eigenvalue weighted by molar-refractivity contribution is 0.0955. The Morgan fingerprint density at radius 3 is 2.62 bits per heavy atom. The molecule has 0 saturated carbocycles. The van der Waals surface area contributed by atoms with Crippen LogP contribution in [-0.2, 0) is 0 Å². The molecular weight excluding hydrogens is 324 g/mol. The first-order valence-corrected chi connectivity index (χ1v) is 7.71. The minimum absolute atomic E-state index is 0.345. The van der Waals surface area contributed by atoms with Crippen LogP contribution in [0.3, 0.4) is 0 Å². The maximum absolute atomic E-state index is 12.0. The summed E-state index contributed by atoms with van der Waals surface area (Å²) in [4.78, 5) is 12.0. The van der Waals surface area contributed by atoms with E-state index in [0.717, 1.165) is 22.1 Å². The van der Waals surface area contributed by atoms with Gasteiger partial charge in [0.25, 0.3) is 5.91 Å². The Labute approximate surface area is 144 Å². The number of methoxy groups -OCH3 is 1. The predicted octanol–water partition coefficient (Wildman–Crippen LogP) is 4.27. The number of halogens is 1. The van der Waals surface area contributed by atoms with E-state index >= 15 is 0 Å². The highest BCUT2D eigenvalue weighted by Gasteiger charge is 2.07. The molecule has 1 N–H and O–H groups in total. The molecule has 1 amide bonds. The molecule has 24 heavy (non-hydrogen) atoms. The molecule has 0 bridgehead atoms.